The number of nitriles is 1. The Balaban J connectivity index is 1.93. The third-order valence-corrected chi connectivity index (χ3v) is 5.17. The summed E-state index contributed by atoms with van der Waals surface area (Å²) in [5.41, 5.74) is 9.24. The van der Waals surface area contributed by atoms with Gasteiger partial charge in [-0.15, -0.1) is 0 Å². The summed E-state index contributed by atoms with van der Waals surface area (Å²) in [7, 11) is 0. The van der Waals surface area contributed by atoms with Gasteiger partial charge in [-0.05, 0) is 54.5 Å². The van der Waals surface area contributed by atoms with E-state index in [1.807, 2.05) is 24.3 Å². The molecule has 0 saturated carbocycles. The van der Waals surface area contributed by atoms with Crippen LogP contribution in [0.1, 0.15) is 34.7 Å². The number of benzene rings is 2. The van der Waals surface area contributed by atoms with Crippen LogP contribution in [0.3, 0.4) is 0 Å². The summed E-state index contributed by atoms with van der Waals surface area (Å²) >= 11 is 0. The molecule has 1 aliphatic rings. The maximum absolute atomic E-state index is 14.6. The van der Waals surface area contributed by atoms with E-state index in [0.717, 1.165) is 35.9 Å². The number of rotatable bonds is 2. The van der Waals surface area contributed by atoms with Gasteiger partial charge in [-0.1, -0.05) is 30.3 Å². The molecule has 0 fully saturated rings. The van der Waals surface area contributed by atoms with Gasteiger partial charge in [0.15, 0.2) is 0 Å². The maximum Gasteiger partial charge on any atom is 0.142 e. The Morgan fingerprint density at radius 2 is 1.89 bits per heavy atom. The molecular weight excluding hydrogens is 344 g/mol. The Kier molecular flexibility index (Phi) is 4.33. The van der Waals surface area contributed by atoms with E-state index < -0.39 is 11.6 Å². The number of nitrogens with zero attached hydrogens (tertiary/aromatic N) is 2. The number of aryl methyl sites for hydroxylation is 1. The molecule has 1 atom stereocenters. The third kappa shape index (κ3) is 3.04. The quantitative estimate of drug-likeness (QED) is 0.716. The summed E-state index contributed by atoms with van der Waals surface area (Å²) < 4.78 is 28.4. The molecule has 3 nitrogen and oxygen atoms in total. The Morgan fingerprint density at radius 3 is 2.63 bits per heavy atom. The summed E-state index contributed by atoms with van der Waals surface area (Å²) in [6.07, 6.45) is 2.17. The van der Waals surface area contributed by atoms with Crippen LogP contribution < -0.4 is 5.73 Å². The number of hydrogen-bond acceptors (Lipinski definition) is 3. The van der Waals surface area contributed by atoms with Gasteiger partial charge in [-0.3, -0.25) is 0 Å². The SMILES string of the molecule is N#Cc1c(N)nc2c(c1-c1cc(F)ccc1F)CC(c1ccccc1)CC2. The fraction of sp³-hybridized carbons (Fsp3) is 0.182. The molecule has 0 spiro atoms. The standard InChI is InChI=1S/C22H17F2N3/c23-15-7-8-19(24)16(11-15)21-17-10-14(13-4-2-1-3-5-13)6-9-20(17)27-22(26)18(21)12-25/h1-5,7-8,11,14H,6,9-10H2,(H2,26,27). The highest BCUT2D eigenvalue weighted by Gasteiger charge is 2.28. The first-order valence-corrected chi connectivity index (χ1v) is 8.80. The molecule has 1 unspecified atom stereocenters. The van der Waals surface area contributed by atoms with Gasteiger partial charge in [-0.2, -0.15) is 5.26 Å². The van der Waals surface area contributed by atoms with Gasteiger partial charge in [0.2, 0.25) is 0 Å². The van der Waals surface area contributed by atoms with Crippen molar-refractivity contribution < 1.29 is 8.78 Å². The first-order valence-electron chi connectivity index (χ1n) is 8.80. The number of nitrogens with two attached hydrogens (primary N) is 1. The molecule has 3 aromatic rings. The van der Waals surface area contributed by atoms with Gasteiger partial charge in [0, 0.05) is 16.8 Å². The van der Waals surface area contributed by atoms with E-state index in [9.17, 15) is 14.0 Å². The van der Waals surface area contributed by atoms with Crippen molar-refractivity contribution in [2.75, 3.05) is 5.73 Å². The van der Waals surface area contributed by atoms with E-state index >= 15 is 0 Å². The number of aromatic nitrogens is 1. The predicted molar refractivity (Wildman–Crippen MR) is 99.9 cm³/mol. The van der Waals surface area contributed by atoms with E-state index in [2.05, 4.69) is 17.1 Å². The lowest BCUT2D eigenvalue weighted by molar-refractivity contribution is 0.574. The minimum Gasteiger partial charge on any atom is -0.383 e. The van der Waals surface area contributed by atoms with Crippen LogP contribution in [0.4, 0.5) is 14.6 Å². The molecule has 27 heavy (non-hydrogen) atoms. The molecule has 0 bridgehead atoms. The van der Waals surface area contributed by atoms with E-state index in [0.29, 0.717) is 18.4 Å². The maximum atomic E-state index is 14.6. The van der Waals surface area contributed by atoms with Crippen molar-refractivity contribution in [1.29, 1.82) is 5.26 Å². The van der Waals surface area contributed by atoms with Crippen LogP contribution in [-0.2, 0) is 12.8 Å². The molecule has 1 aromatic heterocycles. The molecule has 1 heterocycles. The zero-order valence-corrected chi connectivity index (χ0v) is 14.5. The fourth-order valence-corrected chi connectivity index (χ4v) is 3.89. The van der Waals surface area contributed by atoms with Gasteiger partial charge in [-0.25, -0.2) is 13.8 Å². The first kappa shape index (κ1) is 17.2. The molecule has 0 saturated heterocycles. The third-order valence-electron chi connectivity index (χ3n) is 5.17. The van der Waals surface area contributed by atoms with Crippen LogP contribution in [0.25, 0.3) is 11.1 Å². The molecule has 5 heteroatoms. The van der Waals surface area contributed by atoms with Crippen molar-refractivity contribution in [2.45, 2.75) is 25.2 Å². The number of nitrogen functional groups attached to an aromatic ring is 1. The normalized spacial score (nSPS) is 15.8. The second kappa shape index (κ2) is 6.81. The largest absolute Gasteiger partial charge is 0.383 e. The Morgan fingerprint density at radius 1 is 1.11 bits per heavy atom. The van der Waals surface area contributed by atoms with Gasteiger partial charge in [0.05, 0.1) is 0 Å². The number of pyridine rings is 1. The van der Waals surface area contributed by atoms with Gasteiger partial charge >= 0.3 is 0 Å². The number of hydrogen-bond donors (Lipinski definition) is 1. The number of anilines is 1. The Hall–Kier alpha value is -3.26. The second-order valence-electron chi connectivity index (χ2n) is 6.76. The smallest absolute Gasteiger partial charge is 0.142 e. The van der Waals surface area contributed by atoms with Crippen LogP contribution in [0.15, 0.2) is 48.5 Å². The van der Waals surface area contributed by atoms with Crippen molar-refractivity contribution in [2.24, 2.45) is 0 Å². The molecule has 2 aromatic carbocycles. The van der Waals surface area contributed by atoms with Crippen molar-refractivity contribution in [3.8, 4) is 17.2 Å². The van der Waals surface area contributed by atoms with E-state index in [4.69, 9.17) is 5.73 Å². The van der Waals surface area contributed by atoms with Crippen LogP contribution in [0, 0.1) is 23.0 Å². The Labute approximate surface area is 156 Å². The average Bonchev–Trinajstić information content (AvgIpc) is 2.69. The Bertz CT molecular complexity index is 1060. The molecular formula is C22H17F2N3. The summed E-state index contributed by atoms with van der Waals surface area (Å²) in [6, 6.07) is 15.4. The molecule has 134 valence electrons. The molecule has 1 aliphatic carbocycles. The van der Waals surface area contributed by atoms with Gasteiger partial charge < -0.3 is 5.73 Å². The van der Waals surface area contributed by atoms with Crippen molar-refractivity contribution >= 4 is 5.82 Å². The highest BCUT2D eigenvalue weighted by Crippen LogP contribution is 2.41. The molecule has 4 rings (SSSR count). The van der Waals surface area contributed by atoms with E-state index in [1.54, 1.807) is 0 Å². The van der Waals surface area contributed by atoms with Crippen LogP contribution >= 0.6 is 0 Å². The van der Waals surface area contributed by atoms with Crippen LogP contribution in [-0.4, -0.2) is 4.98 Å². The minimum atomic E-state index is -0.581. The van der Waals surface area contributed by atoms with E-state index in [-0.39, 0.29) is 22.9 Å². The van der Waals surface area contributed by atoms with Crippen molar-refractivity contribution in [1.82, 2.24) is 4.98 Å². The fourth-order valence-electron chi connectivity index (χ4n) is 3.89. The van der Waals surface area contributed by atoms with Gasteiger partial charge in [0.25, 0.3) is 0 Å². The zero-order chi connectivity index (χ0) is 19.0. The molecule has 0 radical (unpaired) electrons. The predicted octanol–water partition coefficient (Wildman–Crippen LogP) is 4.75. The van der Waals surface area contributed by atoms with E-state index in [1.165, 1.54) is 5.56 Å². The number of fused-ring (bicyclic) bond motifs is 1. The van der Waals surface area contributed by atoms with Crippen LogP contribution in [0.5, 0.6) is 0 Å². The lowest BCUT2D eigenvalue weighted by Crippen LogP contribution is -2.18. The van der Waals surface area contributed by atoms with Crippen molar-refractivity contribution in [3.05, 3.63) is 82.5 Å². The topological polar surface area (TPSA) is 62.7 Å². The molecule has 0 aliphatic heterocycles. The van der Waals surface area contributed by atoms with Gasteiger partial charge in [0.1, 0.15) is 29.1 Å². The first-order chi connectivity index (χ1) is 13.1. The zero-order valence-electron chi connectivity index (χ0n) is 14.5. The summed E-state index contributed by atoms with van der Waals surface area (Å²) in [5.74, 6) is -0.850. The average molecular weight is 361 g/mol. The van der Waals surface area contributed by atoms with Crippen molar-refractivity contribution in [3.63, 3.8) is 0 Å². The summed E-state index contributed by atoms with van der Waals surface area (Å²) in [4.78, 5) is 4.39. The second-order valence-corrected chi connectivity index (χ2v) is 6.76. The highest BCUT2D eigenvalue weighted by molar-refractivity contribution is 5.80. The monoisotopic (exact) mass is 361 g/mol. The lowest BCUT2D eigenvalue weighted by Gasteiger charge is -2.27. The minimum absolute atomic E-state index is 0.0608. The van der Waals surface area contributed by atoms with Crippen LogP contribution in [0.2, 0.25) is 0 Å². The molecule has 0 amide bonds. The highest BCUT2D eigenvalue weighted by atomic mass is 19.1. The number of halogens is 2. The summed E-state index contributed by atoms with van der Waals surface area (Å²) in [5, 5.41) is 9.62. The molecule has 2 N–H and O–H groups in total. The lowest BCUT2D eigenvalue weighted by atomic mass is 9.78. The summed E-state index contributed by atoms with van der Waals surface area (Å²) in [6.45, 7) is 0.